The number of hydrogen-bond acceptors (Lipinski definition) is 3. The van der Waals surface area contributed by atoms with Gasteiger partial charge in [0.1, 0.15) is 6.04 Å². The smallest absolute Gasteiger partial charge is 0.226 e. The number of thiol groups is 1. The molecule has 0 spiro atoms. The van der Waals surface area contributed by atoms with Crippen LogP contribution >= 0.6 is 28.6 Å². The standard InChI is InChI=1S/C9H14BrNO2S/c1-6(5-14)9(13)11-4-2-3-7(11)8(10)12/h6-7,14H,2-5H2,1H3/t6-,7-/m0/s1. The van der Waals surface area contributed by atoms with Gasteiger partial charge >= 0.3 is 0 Å². The van der Waals surface area contributed by atoms with Crippen molar-refractivity contribution < 1.29 is 9.59 Å². The van der Waals surface area contributed by atoms with E-state index in [1.165, 1.54) is 0 Å². The monoisotopic (exact) mass is 279 g/mol. The third-order valence-electron chi connectivity index (χ3n) is 2.49. The first-order valence-corrected chi connectivity index (χ1v) is 6.11. The van der Waals surface area contributed by atoms with E-state index in [1.807, 2.05) is 6.92 Å². The molecule has 1 aliphatic heterocycles. The SMILES string of the molecule is C[C@@H](CS)C(=O)N1CCC[C@H]1C(=O)Br. The molecule has 0 bridgehead atoms. The molecule has 80 valence electrons. The van der Waals surface area contributed by atoms with Gasteiger partial charge < -0.3 is 4.90 Å². The van der Waals surface area contributed by atoms with Crippen molar-refractivity contribution in [2.24, 2.45) is 5.92 Å². The lowest BCUT2D eigenvalue weighted by Gasteiger charge is -2.24. The van der Waals surface area contributed by atoms with Crippen molar-refractivity contribution in [3.8, 4) is 0 Å². The molecule has 0 aromatic carbocycles. The number of nitrogens with zero attached hydrogens (tertiary/aromatic N) is 1. The summed E-state index contributed by atoms with van der Waals surface area (Å²) in [5.74, 6) is 0.458. The molecule has 0 unspecified atom stereocenters. The van der Waals surface area contributed by atoms with Crippen LogP contribution in [0.2, 0.25) is 0 Å². The summed E-state index contributed by atoms with van der Waals surface area (Å²) in [6, 6.07) is -0.259. The van der Waals surface area contributed by atoms with Gasteiger partial charge in [-0.15, -0.1) is 0 Å². The average Bonchev–Trinajstić information content (AvgIpc) is 2.63. The minimum absolute atomic E-state index is 0.0373. The van der Waals surface area contributed by atoms with Gasteiger partial charge in [0.2, 0.25) is 10.6 Å². The molecule has 1 saturated heterocycles. The van der Waals surface area contributed by atoms with Crippen LogP contribution in [0.1, 0.15) is 19.8 Å². The van der Waals surface area contributed by atoms with Crippen molar-refractivity contribution in [1.29, 1.82) is 0 Å². The molecule has 0 N–H and O–H groups in total. The van der Waals surface area contributed by atoms with E-state index in [-0.39, 0.29) is 22.6 Å². The van der Waals surface area contributed by atoms with E-state index in [0.29, 0.717) is 12.3 Å². The molecule has 0 radical (unpaired) electrons. The van der Waals surface area contributed by atoms with Crippen molar-refractivity contribution in [3.05, 3.63) is 0 Å². The predicted octanol–water partition coefficient (Wildman–Crippen LogP) is 1.46. The molecular formula is C9H14BrNO2S. The Labute approximate surface area is 97.8 Å². The van der Waals surface area contributed by atoms with Crippen LogP contribution in [0.15, 0.2) is 0 Å². The Kier molecular flexibility index (Phi) is 4.44. The van der Waals surface area contributed by atoms with E-state index in [1.54, 1.807) is 4.90 Å². The first-order valence-electron chi connectivity index (χ1n) is 4.68. The lowest BCUT2D eigenvalue weighted by atomic mass is 10.1. The topological polar surface area (TPSA) is 37.4 Å². The van der Waals surface area contributed by atoms with Gasteiger partial charge in [-0.1, -0.05) is 6.92 Å². The van der Waals surface area contributed by atoms with Gasteiger partial charge in [-0.05, 0) is 28.8 Å². The summed E-state index contributed by atoms with van der Waals surface area (Å²) in [7, 11) is 0. The Bertz CT molecular complexity index is 247. The van der Waals surface area contributed by atoms with Crippen LogP contribution in [-0.2, 0) is 9.59 Å². The van der Waals surface area contributed by atoms with Gasteiger partial charge in [0, 0.05) is 18.2 Å². The molecule has 1 aliphatic rings. The summed E-state index contributed by atoms with van der Waals surface area (Å²) >= 11 is 7.01. The number of amides is 1. The molecular weight excluding hydrogens is 266 g/mol. The van der Waals surface area contributed by atoms with Gasteiger partial charge in [-0.2, -0.15) is 12.6 Å². The summed E-state index contributed by atoms with van der Waals surface area (Å²) in [4.78, 5) is 24.6. The molecule has 0 aromatic rings. The van der Waals surface area contributed by atoms with Gasteiger partial charge in [0.15, 0.2) is 0 Å². The lowest BCUT2D eigenvalue weighted by Crippen LogP contribution is -2.41. The van der Waals surface area contributed by atoms with Crippen molar-refractivity contribution in [2.75, 3.05) is 12.3 Å². The average molecular weight is 280 g/mol. The van der Waals surface area contributed by atoms with E-state index in [2.05, 4.69) is 28.6 Å². The Morgan fingerprint density at radius 3 is 2.79 bits per heavy atom. The third kappa shape index (κ3) is 2.51. The summed E-state index contributed by atoms with van der Waals surface area (Å²) < 4.78 is -0.0882. The van der Waals surface area contributed by atoms with Crippen molar-refractivity contribution in [1.82, 2.24) is 4.90 Å². The van der Waals surface area contributed by atoms with E-state index >= 15 is 0 Å². The van der Waals surface area contributed by atoms with Gasteiger partial charge in [-0.3, -0.25) is 9.59 Å². The van der Waals surface area contributed by atoms with Crippen LogP contribution in [0.3, 0.4) is 0 Å². The van der Waals surface area contributed by atoms with Crippen LogP contribution < -0.4 is 0 Å². The molecule has 1 rings (SSSR count). The molecule has 1 heterocycles. The molecule has 1 fully saturated rings. The molecule has 5 heteroatoms. The van der Waals surface area contributed by atoms with Gasteiger partial charge in [-0.25, -0.2) is 0 Å². The zero-order chi connectivity index (χ0) is 10.7. The number of hydrogen-bond donors (Lipinski definition) is 1. The number of rotatable bonds is 3. The van der Waals surface area contributed by atoms with Crippen molar-refractivity contribution in [3.63, 3.8) is 0 Å². The Hall–Kier alpha value is -0.0300. The van der Waals surface area contributed by atoms with Crippen molar-refractivity contribution >= 4 is 39.2 Å². The quantitative estimate of drug-likeness (QED) is 0.628. The normalized spacial score (nSPS) is 23.6. The zero-order valence-electron chi connectivity index (χ0n) is 8.07. The van der Waals surface area contributed by atoms with Crippen LogP contribution in [0.4, 0.5) is 0 Å². The maximum atomic E-state index is 11.8. The third-order valence-corrected chi connectivity index (χ3v) is 3.57. The summed E-state index contributed by atoms with van der Waals surface area (Å²) in [5, 5.41) is 0. The predicted molar refractivity (Wildman–Crippen MR) is 61.7 cm³/mol. The second-order valence-electron chi connectivity index (χ2n) is 3.58. The minimum Gasteiger partial charge on any atom is -0.331 e. The maximum absolute atomic E-state index is 11.8. The highest BCUT2D eigenvalue weighted by atomic mass is 79.9. The fraction of sp³-hybridized carbons (Fsp3) is 0.778. The molecule has 0 aliphatic carbocycles. The van der Waals surface area contributed by atoms with Gasteiger partial charge in [0.25, 0.3) is 0 Å². The number of likely N-dealkylation sites (tertiary alicyclic amines) is 1. The molecule has 0 saturated carbocycles. The fourth-order valence-corrected chi connectivity index (χ4v) is 2.26. The summed E-state index contributed by atoms with van der Waals surface area (Å²) in [6.07, 6.45) is 1.68. The minimum atomic E-state index is -0.259. The molecule has 1 amide bonds. The second kappa shape index (κ2) is 5.16. The van der Waals surface area contributed by atoms with Crippen LogP contribution in [0.25, 0.3) is 0 Å². The second-order valence-corrected chi connectivity index (χ2v) is 4.72. The van der Waals surface area contributed by atoms with Crippen LogP contribution in [-0.4, -0.2) is 33.8 Å². The Morgan fingerprint density at radius 2 is 2.29 bits per heavy atom. The summed E-state index contributed by atoms with van der Waals surface area (Å²) in [6.45, 7) is 2.53. The molecule has 14 heavy (non-hydrogen) atoms. The number of carbonyl (C=O) groups is 2. The van der Waals surface area contributed by atoms with E-state index in [4.69, 9.17) is 0 Å². The Balaban J connectivity index is 2.67. The lowest BCUT2D eigenvalue weighted by molar-refractivity contribution is -0.137. The van der Waals surface area contributed by atoms with Crippen LogP contribution in [0.5, 0.6) is 0 Å². The molecule has 0 aromatic heterocycles. The van der Waals surface area contributed by atoms with Crippen molar-refractivity contribution in [2.45, 2.75) is 25.8 Å². The molecule has 3 nitrogen and oxygen atoms in total. The highest BCUT2D eigenvalue weighted by molar-refractivity contribution is 9.18. The van der Waals surface area contributed by atoms with E-state index < -0.39 is 0 Å². The highest BCUT2D eigenvalue weighted by Gasteiger charge is 2.34. The van der Waals surface area contributed by atoms with Crippen LogP contribution in [0, 0.1) is 5.92 Å². The molecule has 2 atom stereocenters. The summed E-state index contributed by atoms with van der Waals surface area (Å²) in [5.41, 5.74) is 0. The maximum Gasteiger partial charge on any atom is 0.226 e. The largest absolute Gasteiger partial charge is 0.331 e. The van der Waals surface area contributed by atoms with Gasteiger partial charge in [0.05, 0.1) is 0 Å². The Morgan fingerprint density at radius 1 is 1.64 bits per heavy atom. The first-order chi connectivity index (χ1) is 6.57. The first kappa shape index (κ1) is 12.0. The zero-order valence-corrected chi connectivity index (χ0v) is 10.6. The number of halogens is 1. The highest BCUT2D eigenvalue weighted by Crippen LogP contribution is 2.22. The number of carbonyl (C=O) groups excluding carboxylic acids is 2. The fourth-order valence-electron chi connectivity index (χ4n) is 1.63. The van der Waals surface area contributed by atoms with E-state index in [0.717, 1.165) is 12.8 Å². The van der Waals surface area contributed by atoms with E-state index in [9.17, 15) is 9.59 Å².